The van der Waals surface area contributed by atoms with Crippen LogP contribution < -0.4 is 5.73 Å². The molecule has 2 rings (SSSR count). The van der Waals surface area contributed by atoms with Crippen LogP contribution in [0.15, 0.2) is 24.3 Å². The maximum absolute atomic E-state index is 12.1. The molecule has 0 fully saturated rings. The summed E-state index contributed by atoms with van der Waals surface area (Å²) in [5.41, 5.74) is 6.53. The van der Waals surface area contributed by atoms with Gasteiger partial charge in [-0.25, -0.2) is 0 Å². The molecule has 0 radical (unpaired) electrons. The van der Waals surface area contributed by atoms with Crippen LogP contribution in [0.25, 0.3) is 0 Å². The summed E-state index contributed by atoms with van der Waals surface area (Å²) in [5.74, 6) is -0.962. The molecule has 112 valence electrons. The zero-order valence-electron chi connectivity index (χ0n) is 11.9. The van der Waals surface area contributed by atoms with E-state index in [4.69, 9.17) is 5.73 Å². The topological polar surface area (TPSA) is 89.7 Å². The van der Waals surface area contributed by atoms with Gasteiger partial charge in [-0.2, -0.15) is 0 Å². The Hall–Kier alpha value is -2.21. The first-order chi connectivity index (χ1) is 10.1. The summed E-state index contributed by atoms with van der Waals surface area (Å²) in [6.45, 7) is 0.334. The van der Waals surface area contributed by atoms with Gasteiger partial charge in [-0.15, -0.1) is 0 Å². The van der Waals surface area contributed by atoms with E-state index in [1.165, 1.54) is 12.0 Å². The van der Waals surface area contributed by atoms with Crippen LogP contribution >= 0.6 is 0 Å². The third-order valence-corrected chi connectivity index (χ3v) is 3.53. The molecule has 1 heterocycles. The van der Waals surface area contributed by atoms with Gasteiger partial charge in [-0.3, -0.25) is 19.3 Å². The smallest absolute Gasteiger partial charge is 0.322 e. The standard InChI is InChI=1S/C15H18N2O4/c1-21-15(20)12(16)8-4-5-9-17-13(18)10-6-2-3-7-11(10)14(17)19/h2-3,6-7,12H,4-5,8-9,16H2,1H3/t12-/m0/s1. The Bertz CT molecular complexity index is 536. The fourth-order valence-electron chi connectivity index (χ4n) is 2.35. The van der Waals surface area contributed by atoms with Crippen LogP contribution in [0.4, 0.5) is 0 Å². The van der Waals surface area contributed by atoms with Crippen LogP contribution in [0.5, 0.6) is 0 Å². The molecule has 6 nitrogen and oxygen atoms in total. The summed E-state index contributed by atoms with van der Waals surface area (Å²) in [4.78, 5) is 36.6. The highest BCUT2D eigenvalue weighted by Crippen LogP contribution is 2.22. The van der Waals surface area contributed by atoms with Crippen molar-refractivity contribution in [2.75, 3.05) is 13.7 Å². The Morgan fingerprint density at radius 3 is 2.29 bits per heavy atom. The molecule has 1 aromatic carbocycles. The second-order valence-corrected chi connectivity index (χ2v) is 4.93. The van der Waals surface area contributed by atoms with Gasteiger partial charge in [0.1, 0.15) is 6.04 Å². The number of ether oxygens (including phenoxy) is 1. The van der Waals surface area contributed by atoms with Gasteiger partial charge >= 0.3 is 5.97 Å². The minimum Gasteiger partial charge on any atom is -0.468 e. The highest BCUT2D eigenvalue weighted by molar-refractivity contribution is 6.21. The molecule has 1 aliphatic rings. The van der Waals surface area contributed by atoms with Crippen LogP contribution in [-0.4, -0.2) is 42.4 Å². The molecule has 2 N–H and O–H groups in total. The Morgan fingerprint density at radius 2 is 1.76 bits per heavy atom. The SMILES string of the molecule is COC(=O)[C@@H](N)CCCCN1C(=O)c2ccccc2C1=O. The van der Waals surface area contributed by atoms with E-state index in [1.54, 1.807) is 24.3 Å². The second kappa shape index (κ2) is 6.49. The summed E-state index contributed by atoms with van der Waals surface area (Å²) in [5, 5.41) is 0. The number of nitrogens with zero attached hydrogens (tertiary/aromatic N) is 1. The number of nitrogens with two attached hydrogens (primary N) is 1. The highest BCUT2D eigenvalue weighted by atomic mass is 16.5. The molecule has 0 unspecified atom stereocenters. The van der Waals surface area contributed by atoms with Crippen LogP contribution in [0.1, 0.15) is 40.0 Å². The number of esters is 1. The first kappa shape index (κ1) is 15.2. The molecule has 1 atom stereocenters. The number of rotatable bonds is 6. The number of imide groups is 1. The number of unbranched alkanes of at least 4 members (excludes halogenated alkanes) is 1. The zero-order chi connectivity index (χ0) is 15.4. The van der Waals surface area contributed by atoms with Gasteiger partial charge in [0.05, 0.1) is 18.2 Å². The number of hydrogen-bond donors (Lipinski definition) is 1. The van der Waals surface area contributed by atoms with E-state index in [2.05, 4.69) is 4.74 Å². The van der Waals surface area contributed by atoms with Crippen molar-refractivity contribution < 1.29 is 19.1 Å². The Balaban J connectivity index is 1.84. The number of carbonyl (C=O) groups is 3. The van der Waals surface area contributed by atoms with Crippen molar-refractivity contribution in [1.82, 2.24) is 4.90 Å². The van der Waals surface area contributed by atoms with Crippen molar-refractivity contribution in [3.8, 4) is 0 Å². The maximum Gasteiger partial charge on any atom is 0.322 e. The Kier molecular flexibility index (Phi) is 4.70. The van der Waals surface area contributed by atoms with E-state index in [0.717, 1.165) is 0 Å². The van der Waals surface area contributed by atoms with Crippen molar-refractivity contribution in [3.63, 3.8) is 0 Å². The van der Waals surface area contributed by atoms with Crippen molar-refractivity contribution >= 4 is 17.8 Å². The number of amides is 2. The number of fused-ring (bicyclic) bond motifs is 1. The predicted octanol–water partition coefficient (Wildman–Crippen LogP) is 0.953. The van der Waals surface area contributed by atoms with Crippen LogP contribution in [0.3, 0.4) is 0 Å². The normalized spacial score (nSPS) is 15.0. The van der Waals surface area contributed by atoms with Gasteiger partial charge in [0.2, 0.25) is 0 Å². The summed E-state index contributed by atoms with van der Waals surface area (Å²) < 4.78 is 4.54. The summed E-state index contributed by atoms with van der Waals surface area (Å²) in [7, 11) is 1.29. The second-order valence-electron chi connectivity index (χ2n) is 4.93. The molecular formula is C15H18N2O4. The van der Waals surface area contributed by atoms with Crippen molar-refractivity contribution in [1.29, 1.82) is 0 Å². The van der Waals surface area contributed by atoms with E-state index in [1.807, 2.05) is 0 Å². The van der Waals surface area contributed by atoms with E-state index in [9.17, 15) is 14.4 Å². The summed E-state index contributed by atoms with van der Waals surface area (Å²) >= 11 is 0. The first-order valence-corrected chi connectivity index (χ1v) is 6.85. The lowest BCUT2D eigenvalue weighted by Crippen LogP contribution is -2.33. The number of methoxy groups -OCH3 is 1. The van der Waals surface area contributed by atoms with E-state index in [-0.39, 0.29) is 11.8 Å². The molecule has 1 aliphatic heterocycles. The van der Waals surface area contributed by atoms with Gasteiger partial charge in [-0.05, 0) is 31.4 Å². The van der Waals surface area contributed by atoms with Gasteiger partial charge in [0.25, 0.3) is 11.8 Å². The first-order valence-electron chi connectivity index (χ1n) is 6.85. The molecule has 0 aliphatic carbocycles. The van der Waals surface area contributed by atoms with E-state index in [0.29, 0.717) is 36.9 Å². The average molecular weight is 290 g/mol. The van der Waals surface area contributed by atoms with E-state index >= 15 is 0 Å². The summed E-state index contributed by atoms with van der Waals surface area (Å²) in [6.07, 6.45) is 1.72. The molecule has 21 heavy (non-hydrogen) atoms. The number of hydrogen-bond acceptors (Lipinski definition) is 5. The third-order valence-electron chi connectivity index (χ3n) is 3.53. The predicted molar refractivity (Wildman–Crippen MR) is 75.7 cm³/mol. The monoisotopic (exact) mass is 290 g/mol. The van der Waals surface area contributed by atoms with Crippen molar-refractivity contribution in [2.24, 2.45) is 5.73 Å². The molecule has 0 saturated heterocycles. The Labute approximate surface area is 122 Å². The van der Waals surface area contributed by atoms with Crippen molar-refractivity contribution in [2.45, 2.75) is 25.3 Å². The molecule has 0 spiro atoms. The molecule has 0 saturated carbocycles. The van der Waals surface area contributed by atoms with Gasteiger partial charge < -0.3 is 10.5 Å². The lowest BCUT2D eigenvalue weighted by Gasteiger charge is -2.14. The quantitative estimate of drug-likeness (QED) is 0.478. The van der Waals surface area contributed by atoms with Crippen LogP contribution in [-0.2, 0) is 9.53 Å². The van der Waals surface area contributed by atoms with Gasteiger partial charge in [-0.1, -0.05) is 12.1 Å². The van der Waals surface area contributed by atoms with Crippen LogP contribution in [0, 0.1) is 0 Å². The third kappa shape index (κ3) is 3.11. The van der Waals surface area contributed by atoms with Gasteiger partial charge in [0.15, 0.2) is 0 Å². The maximum atomic E-state index is 12.1. The number of benzene rings is 1. The molecule has 0 aromatic heterocycles. The lowest BCUT2D eigenvalue weighted by atomic mass is 10.1. The molecular weight excluding hydrogens is 272 g/mol. The highest BCUT2D eigenvalue weighted by Gasteiger charge is 2.34. The Morgan fingerprint density at radius 1 is 1.19 bits per heavy atom. The minimum atomic E-state index is -0.655. The zero-order valence-corrected chi connectivity index (χ0v) is 11.9. The van der Waals surface area contributed by atoms with Crippen molar-refractivity contribution in [3.05, 3.63) is 35.4 Å². The largest absolute Gasteiger partial charge is 0.468 e. The molecule has 6 heteroatoms. The summed E-state index contributed by atoms with van der Waals surface area (Å²) in [6, 6.07) is 6.13. The molecule has 1 aromatic rings. The molecule has 0 bridgehead atoms. The molecule has 2 amide bonds. The van der Waals surface area contributed by atoms with E-state index < -0.39 is 12.0 Å². The lowest BCUT2D eigenvalue weighted by molar-refractivity contribution is -0.142. The minimum absolute atomic E-state index is 0.257. The fraction of sp³-hybridized carbons (Fsp3) is 0.400. The fourth-order valence-corrected chi connectivity index (χ4v) is 2.35. The average Bonchev–Trinajstić information content (AvgIpc) is 2.75. The van der Waals surface area contributed by atoms with Gasteiger partial charge in [0, 0.05) is 6.54 Å². The van der Waals surface area contributed by atoms with Crippen LogP contribution in [0.2, 0.25) is 0 Å². The number of carbonyl (C=O) groups excluding carboxylic acids is 3.